The summed E-state index contributed by atoms with van der Waals surface area (Å²) >= 11 is 0. The lowest BCUT2D eigenvalue weighted by Gasteiger charge is -2.35. The van der Waals surface area contributed by atoms with E-state index in [9.17, 15) is 22.8 Å². The molecule has 0 N–H and O–H groups in total. The monoisotopic (exact) mass is 384 g/mol. The van der Waals surface area contributed by atoms with Crippen molar-refractivity contribution in [2.45, 2.75) is 25.4 Å². The number of piperidine rings is 1. The third kappa shape index (κ3) is 5.00. The Labute approximate surface area is 156 Å². The van der Waals surface area contributed by atoms with Crippen molar-refractivity contribution in [2.24, 2.45) is 5.92 Å². The van der Waals surface area contributed by atoms with E-state index in [0.29, 0.717) is 57.8 Å². The fourth-order valence-corrected chi connectivity index (χ4v) is 3.56. The van der Waals surface area contributed by atoms with Gasteiger partial charge in [0.1, 0.15) is 0 Å². The average Bonchev–Trinajstić information content (AvgIpc) is 2.68. The maximum atomic E-state index is 12.8. The van der Waals surface area contributed by atoms with Crippen molar-refractivity contribution in [2.75, 3.05) is 39.4 Å². The Bertz CT molecular complexity index is 679. The highest BCUT2D eigenvalue weighted by Gasteiger charge is 2.32. The SMILES string of the molecule is O=C(Cc1cccc(C(F)(F)F)c1)N1CCC(C(=O)N2CCOCC2)CC1. The standard InChI is InChI=1S/C19H23F3N2O3/c20-19(21,22)16-3-1-2-14(12-16)13-17(25)23-6-4-15(5-7-23)18(26)24-8-10-27-11-9-24/h1-3,12,15H,4-11,13H2. The molecule has 2 fully saturated rings. The minimum absolute atomic E-state index is 0.0635. The summed E-state index contributed by atoms with van der Waals surface area (Å²) in [6, 6.07) is 4.86. The van der Waals surface area contributed by atoms with Crippen LogP contribution in [0.2, 0.25) is 0 Å². The Morgan fingerprint density at radius 1 is 1.04 bits per heavy atom. The fraction of sp³-hybridized carbons (Fsp3) is 0.579. The highest BCUT2D eigenvalue weighted by atomic mass is 19.4. The molecule has 0 saturated carbocycles. The van der Waals surface area contributed by atoms with Crippen LogP contribution in [0.5, 0.6) is 0 Å². The molecule has 0 radical (unpaired) electrons. The van der Waals surface area contributed by atoms with Crippen molar-refractivity contribution < 1.29 is 27.5 Å². The van der Waals surface area contributed by atoms with Crippen molar-refractivity contribution in [3.63, 3.8) is 0 Å². The maximum absolute atomic E-state index is 12.8. The lowest BCUT2D eigenvalue weighted by molar-refractivity contribution is -0.143. The summed E-state index contributed by atoms with van der Waals surface area (Å²) in [6.45, 7) is 3.23. The topological polar surface area (TPSA) is 49.9 Å². The molecular formula is C19H23F3N2O3. The molecule has 2 aliphatic rings. The van der Waals surface area contributed by atoms with Crippen LogP contribution < -0.4 is 0 Å². The molecule has 0 aliphatic carbocycles. The molecule has 2 saturated heterocycles. The zero-order valence-electron chi connectivity index (χ0n) is 15.0. The summed E-state index contributed by atoms with van der Waals surface area (Å²) in [7, 11) is 0. The third-order valence-electron chi connectivity index (χ3n) is 5.13. The van der Waals surface area contributed by atoms with Crippen LogP contribution in [0.1, 0.15) is 24.0 Å². The van der Waals surface area contributed by atoms with Gasteiger partial charge in [0.25, 0.3) is 0 Å². The predicted molar refractivity (Wildman–Crippen MR) is 91.9 cm³/mol. The van der Waals surface area contributed by atoms with Gasteiger partial charge in [0.05, 0.1) is 25.2 Å². The largest absolute Gasteiger partial charge is 0.416 e. The summed E-state index contributed by atoms with van der Waals surface area (Å²) in [5.74, 6) is -0.185. The summed E-state index contributed by atoms with van der Waals surface area (Å²) in [5.41, 5.74) is -0.399. The van der Waals surface area contributed by atoms with E-state index < -0.39 is 11.7 Å². The molecule has 8 heteroatoms. The number of nitrogens with zero attached hydrogens (tertiary/aromatic N) is 2. The number of benzene rings is 1. The number of hydrogen-bond acceptors (Lipinski definition) is 3. The van der Waals surface area contributed by atoms with Crippen LogP contribution in [0.25, 0.3) is 0 Å². The molecular weight excluding hydrogens is 361 g/mol. The molecule has 2 aliphatic heterocycles. The van der Waals surface area contributed by atoms with Gasteiger partial charge in [-0.1, -0.05) is 18.2 Å². The molecule has 2 amide bonds. The zero-order valence-corrected chi connectivity index (χ0v) is 15.0. The van der Waals surface area contributed by atoms with Gasteiger partial charge in [-0.05, 0) is 24.5 Å². The van der Waals surface area contributed by atoms with Gasteiger partial charge >= 0.3 is 6.18 Å². The van der Waals surface area contributed by atoms with Gasteiger partial charge in [-0.2, -0.15) is 13.2 Å². The van der Waals surface area contributed by atoms with Crippen molar-refractivity contribution >= 4 is 11.8 Å². The van der Waals surface area contributed by atoms with Gasteiger partial charge in [-0.15, -0.1) is 0 Å². The molecule has 27 heavy (non-hydrogen) atoms. The molecule has 1 aromatic carbocycles. The van der Waals surface area contributed by atoms with Crippen molar-refractivity contribution in [1.29, 1.82) is 0 Å². The summed E-state index contributed by atoms with van der Waals surface area (Å²) < 4.78 is 43.6. The number of likely N-dealkylation sites (tertiary alicyclic amines) is 1. The first-order valence-electron chi connectivity index (χ1n) is 9.15. The number of morpholine rings is 1. The van der Waals surface area contributed by atoms with Gasteiger partial charge in [0.15, 0.2) is 0 Å². The third-order valence-corrected chi connectivity index (χ3v) is 5.13. The first-order chi connectivity index (χ1) is 12.8. The van der Waals surface area contributed by atoms with E-state index in [0.717, 1.165) is 12.1 Å². The van der Waals surface area contributed by atoms with Crippen molar-refractivity contribution in [1.82, 2.24) is 9.80 Å². The summed E-state index contributed by atoms with van der Waals surface area (Å²) in [6.07, 6.45) is -3.31. The van der Waals surface area contributed by atoms with E-state index in [4.69, 9.17) is 4.74 Å². The highest BCUT2D eigenvalue weighted by molar-refractivity contribution is 5.81. The highest BCUT2D eigenvalue weighted by Crippen LogP contribution is 2.30. The minimum Gasteiger partial charge on any atom is -0.378 e. The molecule has 0 aromatic heterocycles. The molecule has 2 heterocycles. The van der Waals surface area contributed by atoms with Crippen molar-refractivity contribution in [3.8, 4) is 0 Å². The summed E-state index contributed by atoms with van der Waals surface area (Å²) in [5, 5.41) is 0. The van der Waals surface area contributed by atoms with E-state index in [2.05, 4.69) is 0 Å². The van der Waals surface area contributed by atoms with E-state index in [1.54, 1.807) is 4.90 Å². The van der Waals surface area contributed by atoms with Crippen LogP contribution in [-0.4, -0.2) is 61.0 Å². The van der Waals surface area contributed by atoms with Gasteiger partial charge in [-0.3, -0.25) is 9.59 Å². The Kier molecular flexibility index (Phi) is 6.04. The number of halogens is 3. The quantitative estimate of drug-likeness (QED) is 0.804. The second kappa shape index (κ2) is 8.29. The van der Waals surface area contributed by atoms with Crippen LogP contribution in [0, 0.1) is 5.92 Å². The molecule has 0 bridgehead atoms. The molecule has 0 spiro atoms. The number of hydrogen-bond donors (Lipinski definition) is 0. The minimum atomic E-state index is -4.42. The molecule has 3 rings (SSSR count). The second-order valence-electron chi connectivity index (χ2n) is 6.97. The lowest BCUT2D eigenvalue weighted by Crippen LogP contribution is -2.47. The fourth-order valence-electron chi connectivity index (χ4n) is 3.56. The summed E-state index contributed by atoms with van der Waals surface area (Å²) in [4.78, 5) is 28.4. The number of carbonyl (C=O) groups is 2. The lowest BCUT2D eigenvalue weighted by atomic mass is 9.94. The van der Waals surface area contributed by atoms with Gasteiger partial charge in [-0.25, -0.2) is 0 Å². The molecule has 1 aromatic rings. The predicted octanol–water partition coefficient (Wildman–Crippen LogP) is 2.35. The van der Waals surface area contributed by atoms with Gasteiger partial charge < -0.3 is 14.5 Å². The number of carbonyl (C=O) groups excluding carboxylic acids is 2. The first-order valence-corrected chi connectivity index (χ1v) is 9.15. The Balaban J connectivity index is 1.52. The zero-order chi connectivity index (χ0) is 19.4. The first kappa shape index (κ1) is 19.7. The smallest absolute Gasteiger partial charge is 0.378 e. The Morgan fingerprint density at radius 3 is 2.33 bits per heavy atom. The van der Waals surface area contributed by atoms with Crippen molar-refractivity contribution in [3.05, 3.63) is 35.4 Å². The van der Waals surface area contributed by atoms with Gasteiger partial charge in [0.2, 0.25) is 11.8 Å². The van der Waals surface area contributed by atoms with Crippen LogP contribution in [0.15, 0.2) is 24.3 Å². The van der Waals surface area contributed by atoms with Crippen LogP contribution in [0.4, 0.5) is 13.2 Å². The van der Waals surface area contributed by atoms with E-state index in [-0.39, 0.29) is 24.2 Å². The van der Waals surface area contributed by atoms with E-state index in [1.807, 2.05) is 4.90 Å². The molecule has 0 unspecified atom stereocenters. The average molecular weight is 384 g/mol. The molecule has 148 valence electrons. The Morgan fingerprint density at radius 2 is 1.70 bits per heavy atom. The number of alkyl halides is 3. The van der Waals surface area contributed by atoms with E-state index in [1.165, 1.54) is 12.1 Å². The van der Waals surface area contributed by atoms with E-state index >= 15 is 0 Å². The van der Waals surface area contributed by atoms with Crippen LogP contribution in [0.3, 0.4) is 0 Å². The molecule has 5 nitrogen and oxygen atoms in total. The number of ether oxygens (including phenoxy) is 1. The van der Waals surface area contributed by atoms with Gasteiger partial charge in [0, 0.05) is 32.1 Å². The Hall–Kier alpha value is -2.09. The maximum Gasteiger partial charge on any atom is 0.416 e. The molecule has 0 atom stereocenters. The number of amides is 2. The van der Waals surface area contributed by atoms with Crippen LogP contribution >= 0.6 is 0 Å². The van der Waals surface area contributed by atoms with Crippen LogP contribution in [-0.2, 0) is 26.9 Å². The number of rotatable bonds is 3. The normalized spacial score (nSPS) is 19.2. The second-order valence-corrected chi connectivity index (χ2v) is 6.97.